The molecule has 3 rings (SSSR count). The van der Waals surface area contributed by atoms with Crippen molar-refractivity contribution >= 4 is 23.2 Å². The van der Waals surface area contributed by atoms with Gasteiger partial charge < -0.3 is 4.74 Å². The highest BCUT2D eigenvalue weighted by atomic mass is 35.5. The maximum atomic E-state index is 15.3. The van der Waals surface area contributed by atoms with Gasteiger partial charge >= 0.3 is 0 Å². The third-order valence-corrected chi connectivity index (χ3v) is 5.55. The first-order valence-electron chi connectivity index (χ1n) is 9.32. The molecule has 146 valence electrons. The fourth-order valence-corrected chi connectivity index (χ4v) is 3.89. The second kappa shape index (κ2) is 9.40. The number of nitrogens with zero attached hydrogens (tertiary/aromatic N) is 1. The summed E-state index contributed by atoms with van der Waals surface area (Å²) in [6, 6.07) is 16.4. The van der Waals surface area contributed by atoms with E-state index >= 15 is 4.39 Å². The van der Waals surface area contributed by atoms with Crippen LogP contribution in [0.25, 0.3) is 0 Å². The average molecular weight is 418 g/mol. The molecular weight excluding hydrogens is 396 g/mol. The number of rotatable bonds is 7. The first kappa shape index (κ1) is 20.6. The molecule has 0 radical (unpaired) electrons. The Kier molecular flexibility index (Phi) is 6.93. The van der Waals surface area contributed by atoms with Crippen molar-refractivity contribution in [2.75, 3.05) is 0 Å². The molecule has 0 bridgehead atoms. The summed E-state index contributed by atoms with van der Waals surface area (Å²) < 4.78 is 21.1. The van der Waals surface area contributed by atoms with Gasteiger partial charge in [-0.3, -0.25) is 0 Å². The van der Waals surface area contributed by atoms with Gasteiger partial charge in [-0.1, -0.05) is 67.4 Å². The van der Waals surface area contributed by atoms with Gasteiger partial charge in [-0.15, -0.1) is 0 Å². The molecule has 0 unspecified atom stereocenters. The SMILES string of the molecule is CC[C@@H](C[C@H](C)c1cccnc1Cl)c1ccc(Cl)c(Oc2ccccc2)c1F. The summed E-state index contributed by atoms with van der Waals surface area (Å²) in [4.78, 5) is 4.15. The lowest BCUT2D eigenvalue weighted by molar-refractivity contribution is 0.429. The molecule has 0 N–H and O–H groups in total. The molecule has 3 aromatic rings. The highest BCUT2D eigenvalue weighted by Crippen LogP contribution is 2.40. The van der Waals surface area contributed by atoms with Crippen LogP contribution in [0.2, 0.25) is 10.2 Å². The predicted octanol–water partition coefficient (Wildman–Crippen LogP) is 8.01. The molecule has 0 saturated heterocycles. The van der Waals surface area contributed by atoms with Gasteiger partial charge in [-0.2, -0.15) is 0 Å². The van der Waals surface area contributed by atoms with Crippen molar-refractivity contribution in [1.29, 1.82) is 0 Å². The van der Waals surface area contributed by atoms with Gasteiger partial charge in [0, 0.05) is 6.20 Å². The van der Waals surface area contributed by atoms with Crippen molar-refractivity contribution in [3.8, 4) is 11.5 Å². The number of para-hydroxylation sites is 1. The van der Waals surface area contributed by atoms with E-state index in [0.717, 1.165) is 18.4 Å². The Morgan fingerprint density at radius 3 is 2.43 bits per heavy atom. The maximum Gasteiger partial charge on any atom is 0.181 e. The molecule has 2 aromatic carbocycles. The second-order valence-electron chi connectivity index (χ2n) is 6.82. The molecule has 0 aliphatic rings. The number of halogens is 3. The van der Waals surface area contributed by atoms with Crippen LogP contribution in [-0.2, 0) is 0 Å². The van der Waals surface area contributed by atoms with E-state index in [-0.39, 0.29) is 22.6 Å². The number of hydrogen-bond donors (Lipinski definition) is 0. The second-order valence-corrected chi connectivity index (χ2v) is 7.59. The van der Waals surface area contributed by atoms with Crippen LogP contribution in [0.3, 0.4) is 0 Å². The predicted molar refractivity (Wildman–Crippen MR) is 113 cm³/mol. The molecule has 28 heavy (non-hydrogen) atoms. The van der Waals surface area contributed by atoms with Crippen LogP contribution in [0, 0.1) is 5.82 Å². The van der Waals surface area contributed by atoms with Gasteiger partial charge in [-0.25, -0.2) is 9.37 Å². The molecule has 0 amide bonds. The molecular formula is C23H22Cl2FNO. The molecule has 2 atom stereocenters. The zero-order chi connectivity index (χ0) is 20.1. The van der Waals surface area contributed by atoms with Crippen molar-refractivity contribution in [3.63, 3.8) is 0 Å². The fourth-order valence-electron chi connectivity index (χ4n) is 3.40. The first-order chi connectivity index (χ1) is 13.5. The van der Waals surface area contributed by atoms with E-state index in [1.54, 1.807) is 30.5 Å². The van der Waals surface area contributed by atoms with Gasteiger partial charge in [0.05, 0.1) is 5.02 Å². The van der Waals surface area contributed by atoms with E-state index in [9.17, 15) is 0 Å². The Bertz CT molecular complexity index is 933. The first-order valence-corrected chi connectivity index (χ1v) is 10.1. The molecule has 0 spiro atoms. The lowest BCUT2D eigenvalue weighted by Crippen LogP contribution is -2.07. The lowest BCUT2D eigenvalue weighted by Gasteiger charge is -2.22. The Labute approximate surface area is 175 Å². The van der Waals surface area contributed by atoms with E-state index < -0.39 is 5.82 Å². The third-order valence-electron chi connectivity index (χ3n) is 4.93. The summed E-state index contributed by atoms with van der Waals surface area (Å²) in [5.41, 5.74) is 1.57. The minimum atomic E-state index is -0.410. The average Bonchev–Trinajstić information content (AvgIpc) is 2.71. The van der Waals surface area contributed by atoms with Crippen molar-refractivity contribution in [2.45, 2.75) is 38.5 Å². The summed E-state index contributed by atoms with van der Waals surface area (Å²) >= 11 is 12.5. The van der Waals surface area contributed by atoms with Crippen molar-refractivity contribution in [1.82, 2.24) is 4.98 Å². The largest absolute Gasteiger partial charge is 0.453 e. The van der Waals surface area contributed by atoms with E-state index in [2.05, 4.69) is 11.9 Å². The van der Waals surface area contributed by atoms with Gasteiger partial charge in [0.1, 0.15) is 10.9 Å². The number of pyridine rings is 1. The minimum absolute atomic E-state index is 0.00154. The quantitative estimate of drug-likeness (QED) is 0.363. The van der Waals surface area contributed by atoms with Crippen LogP contribution in [-0.4, -0.2) is 4.98 Å². The zero-order valence-corrected chi connectivity index (χ0v) is 17.3. The highest BCUT2D eigenvalue weighted by Gasteiger charge is 2.23. The van der Waals surface area contributed by atoms with Gasteiger partial charge in [-0.05, 0) is 60.1 Å². The number of ether oxygens (including phenoxy) is 1. The fraction of sp³-hybridized carbons (Fsp3) is 0.261. The molecule has 2 nitrogen and oxygen atoms in total. The Hall–Kier alpha value is -2.10. The van der Waals surface area contributed by atoms with Crippen molar-refractivity contribution in [3.05, 3.63) is 87.9 Å². The summed E-state index contributed by atoms with van der Waals surface area (Å²) in [6.45, 7) is 4.13. The monoisotopic (exact) mass is 417 g/mol. The maximum absolute atomic E-state index is 15.3. The molecule has 1 heterocycles. The third kappa shape index (κ3) is 4.65. The van der Waals surface area contributed by atoms with Crippen molar-refractivity contribution in [2.24, 2.45) is 0 Å². The van der Waals surface area contributed by atoms with E-state index in [1.165, 1.54) is 0 Å². The summed E-state index contributed by atoms with van der Waals surface area (Å²) in [6.07, 6.45) is 3.19. The van der Waals surface area contributed by atoms with Crippen LogP contribution < -0.4 is 4.74 Å². The van der Waals surface area contributed by atoms with E-state index in [1.807, 2.05) is 37.3 Å². The summed E-state index contributed by atoms with van der Waals surface area (Å²) in [5, 5.41) is 0.748. The number of aromatic nitrogens is 1. The van der Waals surface area contributed by atoms with Crippen molar-refractivity contribution < 1.29 is 9.13 Å². The van der Waals surface area contributed by atoms with Crippen LogP contribution in [0.15, 0.2) is 60.8 Å². The lowest BCUT2D eigenvalue weighted by atomic mass is 9.84. The molecule has 0 aliphatic heterocycles. The van der Waals surface area contributed by atoms with Crippen LogP contribution >= 0.6 is 23.2 Å². The summed E-state index contributed by atoms with van der Waals surface area (Å²) in [7, 11) is 0. The number of benzene rings is 2. The van der Waals surface area contributed by atoms with Gasteiger partial charge in [0.25, 0.3) is 0 Å². The van der Waals surface area contributed by atoms with Gasteiger partial charge in [0.15, 0.2) is 11.6 Å². The summed E-state index contributed by atoms with van der Waals surface area (Å²) in [5.74, 6) is 0.342. The minimum Gasteiger partial charge on any atom is -0.453 e. The van der Waals surface area contributed by atoms with Crippen LogP contribution in [0.1, 0.15) is 49.7 Å². The normalized spacial score (nSPS) is 13.2. The van der Waals surface area contributed by atoms with E-state index in [0.29, 0.717) is 16.5 Å². The molecule has 5 heteroatoms. The molecule has 0 aliphatic carbocycles. The molecule has 0 saturated carbocycles. The van der Waals surface area contributed by atoms with Crippen LogP contribution in [0.4, 0.5) is 4.39 Å². The Morgan fingerprint density at radius 1 is 1.00 bits per heavy atom. The van der Waals surface area contributed by atoms with E-state index in [4.69, 9.17) is 27.9 Å². The van der Waals surface area contributed by atoms with Gasteiger partial charge in [0.2, 0.25) is 0 Å². The number of hydrogen-bond acceptors (Lipinski definition) is 2. The topological polar surface area (TPSA) is 22.1 Å². The standard InChI is InChI=1S/C23H22Cl2FNO/c1-3-16(14-15(2)18-10-7-13-27-23(18)25)19-11-12-20(24)22(21(19)26)28-17-8-5-4-6-9-17/h4-13,15-16H,3,14H2,1-2H3/t15-,16-/m0/s1. The van der Waals surface area contributed by atoms with Crippen LogP contribution in [0.5, 0.6) is 11.5 Å². The highest BCUT2D eigenvalue weighted by molar-refractivity contribution is 6.32. The molecule has 1 aromatic heterocycles. The Morgan fingerprint density at radius 2 is 1.75 bits per heavy atom. The smallest absolute Gasteiger partial charge is 0.181 e. The Balaban J connectivity index is 1.88. The molecule has 0 fully saturated rings. The zero-order valence-electron chi connectivity index (χ0n) is 15.8.